The number of rotatable bonds is 6. The van der Waals surface area contributed by atoms with Crippen LogP contribution in [0.4, 0.5) is 11.5 Å². The molecule has 0 spiro atoms. The van der Waals surface area contributed by atoms with Gasteiger partial charge >= 0.3 is 0 Å². The smallest absolute Gasteiger partial charge is 0.128 e. The van der Waals surface area contributed by atoms with E-state index in [1.807, 2.05) is 18.0 Å². The van der Waals surface area contributed by atoms with Crippen molar-refractivity contribution in [1.29, 1.82) is 0 Å². The van der Waals surface area contributed by atoms with Gasteiger partial charge in [-0.05, 0) is 43.4 Å². The number of aromatic nitrogens is 1. The normalized spacial score (nSPS) is 15.2. The van der Waals surface area contributed by atoms with E-state index in [0.717, 1.165) is 31.1 Å². The fourth-order valence-corrected chi connectivity index (χ4v) is 2.51. The number of hydrogen-bond acceptors (Lipinski definition) is 4. The van der Waals surface area contributed by atoms with E-state index in [1.54, 1.807) is 0 Å². The maximum atomic E-state index is 4.52. The van der Waals surface area contributed by atoms with Crippen molar-refractivity contribution < 1.29 is 0 Å². The van der Waals surface area contributed by atoms with Crippen LogP contribution < -0.4 is 10.2 Å². The van der Waals surface area contributed by atoms with E-state index in [2.05, 4.69) is 33.6 Å². The van der Waals surface area contributed by atoms with Crippen molar-refractivity contribution in [3.05, 3.63) is 18.3 Å². The van der Waals surface area contributed by atoms with Crippen molar-refractivity contribution in [2.24, 2.45) is 0 Å². The van der Waals surface area contributed by atoms with Gasteiger partial charge < -0.3 is 10.2 Å². The van der Waals surface area contributed by atoms with Crippen molar-refractivity contribution in [2.75, 3.05) is 41.9 Å². The van der Waals surface area contributed by atoms with Crippen molar-refractivity contribution in [3.63, 3.8) is 0 Å². The van der Waals surface area contributed by atoms with Gasteiger partial charge in [-0.25, -0.2) is 4.98 Å². The van der Waals surface area contributed by atoms with E-state index in [9.17, 15) is 0 Å². The Hall–Kier alpha value is -0.900. The molecule has 1 fully saturated rings. The molecule has 0 aromatic carbocycles. The van der Waals surface area contributed by atoms with Crippen LogP contribution in [0.25, 0.3) is 0 Å². The van der Waals surface area contributed by atoms with Crippen molar-refractivity contribution in [1.82, 2.24) is 4.98 Å². The van der Waals surface area contributed by atoms with Crippen LogP contribution in [-0.2, 0) is 0 Å². The van der Waals surface area contributed by atoms with Crippen LogP contribution in [0.15, 0.2) is 18.3 Å². The molecule has 94 valence electrons. The number of nitrogens with one attached hydrogen (secondary N) is 1. The third-order valence-corrected chi connectivity index (χ3v) is 3.73. The van der Waals surface area contributed by atoms with Crippen LogP contribution in [0.3, 0.4) is 0 Å². The first kappa shape index (κ1) is 12.6. The van der Waals surface area contributed by atoms with Gasteiger partial charge in [-0.1, -0.05) is 0 Å². The predicted octanol–water partition coefficient (Wildman–Crippen LogP) is 2.85. The molecular weight excluding hydrogens is 230 g/mol. The van der Waals surface area contributed by atoms with Crippen LogP contribution in [0.5, 0.6) is 0 Å². The molecule has 2 rings (SSSR count). The molecule has 0 radical (unpaired) electrons. The lowest BCUT2D eigenvalue weighted by atomic mass is 10.3. The number of thioether (sulfide) groups is 1. The molecular formula is C13H21N3S. The molecule has 1 saturated heterocycles. The molecule has 0 amide bonds. The van der Waals surface area contributed by atoms with Crippen molar-refractivity contribution >= 4 is 23.3 Å². The van der Waals surface area contributed by atoms with Gasteiger partial charge in [-0.15, -0.1) is 0 Å². The Balaban J connectivity index is 1.80. The van der Waals surface area contributed by atoms with Crippen LogP contribution in [0, 0.1) is 0 Å². The first-order chi connectivity index (χ1) is 8.40. The van der Waals surface area contributed by atoms with Gasteiger partial charge in [0, 0.05) is 19.6 Å². The lowest BCUT2D eigenvalue weighted by molar-refractivity contribution is 0.935. The Morgan fingerprint density at radius 2 is 2.18 bits per heavy atom. The molecule has 1 aromatic heterocycles. The minimum atomic E-state index is 1.03. The Labute approximate surface area is 108 Å². The van der Waals surface area contributed by atoms with Gasteiger partial charge in [-0.2, -0.15) is 11.8 Å². The maximum Gasteiger partial charge on any atom is 0.128 e. The monoisotopic (exact) mass is 251 g/mol. The lowest BCUT2D eigenvalue weighted by Crippen LogP contribution is -2.18. The largest absolute Gasteiger partial charge is 0.384 e. The summed E-state index contributed by atoms with van der Waals surface area (Å²) >= 11 is 1.89. The second-order valence-electron chi connectivity index (χ2n) is 4.37. The zero-order valence-electron chi connectivity index (χ0n) is 10.5. The highest BCUT2D eigenvalue weighted by Gasteiger charge is 2.12. The lowest BCUT2D eigenvalue weighted by Gasteiger charge is -2.16. The number of pyridine rings is 1. The second kappa shape index (κ2) is 6.74. The first-order valence-corrected chi connectivity index (χ1v) is 7.73. The average molecular weight is 251 g/mol. The summed E-state index contributed by atoms with van der Waals surface area (Å²) in [5.74, 6) is 2.34. The van der Waals surface area contributed by atoms with Gasteiger partial charge in [0.15, 0.2) is 0 Å². The van der Waals surface area contributed by atoms with E-state index in [4.69, 9.17) is 0 Å². The molecule has 3 nitrogen and oxygen atoms in total. The SMILES string of the molecule is CSCCCNc1ccc(N2CCCC2)nc1. The number of anilines is 2. The highest BCUT2D eigenvalue weighted by Crippen LogP contribution is 2.18. The van der Waals surface area contributed by atoms with Crippen LogP contribution >= 0.6 is 11.8 Å². The van der Waals surface area contributed by atoms with Crippen molar-refractivity contribution in [3.8, 4) is 0 Å². The molecule has 2 heterocycles. The summed E-state index contributed by atoms with van der Waals surface area (Å²) < 4.78 is 0. The van der Waals surface area contributed by atoms with Gasteiger partial charge in [0.1, 0.15) is 5.82 Å². The molecule has 4 heteroatoms. The molecule has 1 aromatic rings. The summed E-state index contributed by atoms with van der Waals surface area (Å²) in [6.07, 6.45) is 7.90. The molecule has 1 aliphatic heterocycles. The summed E-state index contributed by atoms with van der Waals surface area (Å²) in [5, 5.41) is 3.40. The quantitative estimate of drug-likeness (QED) is 0.787. The molecule has 0 aliphatic carbocycles. The fourth-order valence-electron chi connectivity index (χ4n) is 2.07. The average Bonchev–Trinajstić information content (AvgIpc) is 2.89. The van der Waals surface area contributed by atoms with E-state index in [-0.39, 0.29) is 0 Å². The molecule has 0 saturated carbocycles. The number of hydrogen-bond donors (Lipinski definition) is 1. The standard InChI is InChI=1S/C13H21N3S/c1-17-10-4-7-14-12-5-6-13(15-11-12)16-8-2-3-9-16/h5-6,11,14H,2-4,7-10H2,1H3. The Bertz CT molecular complexity index is 320. The zero-order chi connectivity index (χ0) is 11.9. The minimum absolute atomic E-state index is 1.03. The Morgan fingerprint density at radius 1 is 1.35 bits per heavy atom. The predicted molar refractivity (Wildman–Crippen MR) is 77.2 cm³/mol. The van der Waals surface area contributed by atoms with Crippen molar-refractivity contribution in [2.45, 2.75) is 19.3 Å². The first-order valence-electron chi connectivity index (χ1n) is 6.34. The van der Waals surface area contributed by atoms with E-state index in [1.165, 1.54) is 25.0 Å². The highest BCUT2D eigenvalue weighted by atomic mass is 32.2. The zero-order valence-corrected chi connectivity index (χ0v) is 11.3. The Kier molecular flexibility index (Phi) is 4.98. The maximum absolute atomic E-state index is 4.52. The third kappa shape index (κ3) is 3.80. The van der Waals surface area contributed by atoms with Gasteiger partial charge in [0.05, 0.1) is 11.9 Å². The van der Waals surface area contributed by atoms with Gasteiger partial charge in [0.25, 0.3) is 0 Å². The van der Waals surface area contributed by atoms with E-state index in [0.29, 0.717) is 0 Å². The topological polar surface area (TPSA) is 28.2 Å². The molecule has 0 atom stereocenters. The molecule has 1 aliphatic rings. The van der Waals surface area contributed by atoms with E-state index < -0.39 is 0 Å². The van der Waals surface area contributed by atoms with Crippen LogP contribution in [0.1, 0.15) is 19.3 Å². The summed E-state index contributed by atoms with van der Waals surface area (Å²) in [7, 11) is 0. The van der Waals surface area contributed by atoms with Crippen LogP contribution in [-0.4, -0.2) is 36.6 Å². The summed E-state index contributed by atoms with van der Waals surface area (Å²) in [4.78, 5) is 6.88. The summed E-state index contributed by atoms with van der Waals surface area (Å²) in [6, 6.07) is 4.27. The highest BCUT2D eigenvalue weighted by molar-refractivity contribution is 7.98. The molecule has 1 N–H and O–H groups in total. The summed E-state index contributed by atoms with van der Waals surface area (Å²) in [6.45, 7) is 3.35. The molecule has 0 unspecified atom stereocenters. The molecule has 0 bridgehead atoms. The summed E-state index contributed by atoms with van der Waals surface area (Å²) in [5.41, 5.74) is 1.13. The number of nitrogens with zero attached hydrogens (tertiary/aromatic N) is 2. The van der Waals surface area contributed by atoms with Gasteiger partial charge in [-0.3, -0.25) is 0 Å². The van der Waals surface area contributed by atoms with E-state index >= 15 is 0 Å². The second-order valence-corrected chi connectivity index (χ2v) is 5.36. The fraction of sp³-hybridized carbons (Fsp3) is 0.615. The van der Waals surface area contributed by atoms with Gasteiger partial charge in [0.2, 0.25) is 0 Å². The van der Waals surface area contributed by atoms with Crippen LogP contribution in [0.2, 0.25) is 0 Å². The third-order valence-electron chi connectivity index (χ3n) is 3.03. The minimum Gasteiger partial charge on any atom is -0.384 e. The Morgan fingerprint density at radius 3 is 2.82 bits per heavy atom. The molecule has 17 heavy (non-hydrogen) atoms.